The summed E-state index contributed by atoms with van der Waals surface area (Å²) in [6, 6.07) is 7.73. The fourth-order valence-corrected chi connectivity index (χ4v) is 2.36. The normalized spacial score (nSPS) is 10.5. The number of esters is 1. The maximum atomic E-state index is 11.9. The zero-order chi connectivity index (χ0) is 16.2. The van der Waals surface area contributed by atoms with E-state index in [0.717, 1.165) is 31.5 Å². The molecule has 22 heavy (non-hydrogen) atoms. The van der Waals surface area contributed by atoms with Crippen molar-refractivity contribution in [2.45, 2.75) is 58.8 Å². The van der Waals surface area contributed by atoms with Crippen LogP contribution < -0.4 is 4.90 Å². The second-order valence-electron chi connectivity index (χ2n) is 5.87. The summed E-state index contributed by atoms with van der Waals surface area (Å²) in [5.74, 6) is -0.215. The summed E-state index contributed by atoms with van der Waals surface area (Å²) in [5.41, 5.74) is 1.79. The fraction of sp³-hybridized carbons (Fsp3) is 0.632. The van der Waals surface area contributed by atoms with Crippen LogP contribution in [-0.2, 0) is 4.74 Å². The van der Waals surface area contributed by atoms with Gasteiger partial charge in [0.15, 0.2) is 0 Å². The van der Waals surface area contributed by atoms with Gasteiger partial charge in [0.25, 0.3) is 0 Å². The first-order valence-corrected chi connectivity index (χ1v) is 8.67. The molecule has 3 heteroatoms. The van der Waals surface area contributed by atoms with E-state index in [1.807, 2.05) is 24.3 Å². The molecule has 124 valence electrons. The second kappa shape index (κ2) is 11.1. The Balaban J connectivity index is 2.39. The van der Waals surface area contributed by atoms with Crippen molar-refractivity contribution in [3.63, 3.8) is 0 Å². The van der Waals surface area contributed by atoms with Gasteiger partial charge in [-0.1, -0.05) is 46.0 Å². The molecule has 0 spiro atoms. The van der Waals surface area contributed by atoms with Crippen molar-refractivity contribution < 1.29 is 9.53 Å². The zero-order valence-corrected chi connectivity index (χ0v) is 14.4. The summed E-state index contributed by atoms with van der Waals surface area (Å²) in [6.07, 6.45) is 8.25. The van der Waals surface area contributed by atoms with Gasteiger partial charge in [-0.25, -0.2) is 4.79 Å². The molecule has 0 aliphatic carbocycles. The number of carbonyl (C=O) groups excluding carboxylic acids is 1. The predicted octanol–water partition coefficient (Wildman–Crippen LogP) is 5.05. The van der Waals surface area contributed by atoms with E-state index in [-0.39, 0.29) is 5.97 Å². The van der Waals surface area contributed by atoms with Crippen LogP contribution in [-0.4, -0.2) is 26.2 Å². The van der Waals surface area contributed by atoms with Gasteiger partial charge in [-0.05, 0) is 37.1 Å². The van der Waals surface area contributed by atoms with E-state index in [1.165, 1.54) is 25.7 Å². The number of hydrogen-bond donors (Lipinski definition) is 0. The van der Waals surface area contributed by atoms with Gasteiger partial charge < -0.3 is 9.64 Å². The fourth-order valence-electron chi connectivity index (χ4n) is 2.36. The Morgan fingerprint density at radius 1 is 0.955 bits per heavy atom. The lowest BCUT2D eigenvalue weighted by atomic mass is 10.1. The van der Waals surface area contributed by atoms with E-state index in [0.29, 0.717) is 12.2 Å². The van der Waals surface area contributed by atoms with E-state index < -0.39 is 0 Å². The maximum absolute atomic E-state index is 11.9. The minimum absolute atomic E-state index is 0.215. The molecule has 0 amide bonds. The first kappa shape index (κ1) is 18.5. The first-order chi connectivity index (χ1) is 10.7. The molecule has 3 nitrogen and oxygen atoms in total. The van der Waals surface area contributed by atoms with Gasteiger partial charge in [0, 0.05) is 19.3 Å². The summed E-state index contributed by atoms with van der Waals surface area (Å²) < 4.78 is 5.27. The van der Waals surface area contributed by atoms with Crippen LogP contribution in [0.15, 0.2) is 24.3 Å². The Morgan fingerprint density at radius 3 is 2.23 bits per heavy atom. The Kier molecular flexibility index (Phi) is 9.36. The van der Waals surface area contributed by atoms with Crippen molar-refractivity contribution in [2.75, 3.05) is 25.1 Å². The van der Waals surface area contributed by atoms with Crippen LogP contribution in [0.5, 0.6) is 0 Å². The summed E-state index contributed by atoms with van der Waals surface area (Å²) in [5, 5.41) is 0. The lowest BCUT2D eigenvalue weighted by molar-refractivity contribution is 0.0498. The largest absolute Gasteiger partial charge is 0.462 e. The SMILES string of the molecule is CCCCCCN(C)c1ccc(C(=O)OCCCCC)cc1. The summed E-state index contributed by atoms with van der Waals surface area (Å²) in [4.78, 5) is 14.1. The summed E-state index contributed by atoms with van der Waals surface area (Å²) in [7, 11) is 2.10. The number of hydrogen-bond acceptors (Lipinski definition) is 3. The molecule has 0 atom stereocenters. The number of anilines is 1. The van der Waals surface area contributed by atoms with Crippen molar-refractivity contribution in [3.05, 3.63) is 29.8 Å². The second-order valence-corrected chi connectivity index (χ2v) is 5.87. The average molecular weight is 305 g/mol. The molecule has 0 heterocycles. The maximum Gasteiger partial charge on any atom is 0.338 e. The van der Waals surface area contributed by atoms with Crippen LogP contribution in [0, 0.1) is 0 Å². The molecular weight excluding hydrogens is 274 g/mol. The topological polar surface area (TPSA) is 29.5 Å². The minimum atomic E-state index is -0.215. The van der Waals surface area contributed by atoms with Crippen molar-refractivity contribution in [1.82, 2.24) is 0 Å². The summed E-state index contributed by atoms with van der Waals surface area (Å²) in [6.45, 7) is 5.94. The van der Waals surface area contributed by atoms with Crippen LogP contribution in [0.1, 0.15) is 69.2 Å². The van der Waals surface area contributed by atoms with E-state index in [4.69, 9.17) is 4.74 Å². The lowest BCUT2D eigenvalue weighted by Crippen LogP contribution is -2.18. The van der Waals surface area contributed by atoms with E-state index in [1.54, 1.807) is 0 Å². The number of benzene rings is 1. The predicted molar refractivity (Wildman–Crippen MR) is 93.7 cm³/mol. The van der Waals surface area contributed by atoms with E-state index >= 15 is 0 Å². The third-order valence-electron chi connectivity index (χ3n) is 3.87. The van der Waals surface area contributed by atoms with Crippen LogP contribution in [0.2, 0.25) is 0 Å². The third kappa shape index (κ3) is 6.97. The number of nitrogens with zero attached hydrogens (tertiary/aromatic N) is 1. The monoisotopic (exact) mass is 305 g/mol. The average Bonchev–Trinajstić information content (AvgIpc) is 2.55. The molecule has 0 N–H and O–H groups in total. The number of carbonyl (C=O) groups is 1. The van der Waals surface area contributed by atoms with Crippen LogP contribution in [0.3, 0.4) is 0 Å². The molecule has 1 aromatic carbocycles. The van der Waals surface area contributed by atoms with Crippen LogP contribution in [0.4, 0.5) is 5.69 Å². The minimum Gasteiger partial charge on any atom is -0.462 e. The van der Waals surface area contributed by atoms with Gasteiger partial charge in [-0.3, -0.25) is 0 Å². The summed E-state index contributed by atoms with van der Waals surface area (Å²) >= 11 is 0. The number of unbranched alkanes of at least 4 members (excludes halogenated alkanes) is 5. The van der Waals surface area contributed by atoms with Gasteiger partial charge in [-0.2, -0.15) is 0 Å². The molecule has 0 saturated heterocycles. The molecule has 0 aromatic heterocycles. The van der Waals surface area contributed by atoms with Crippen molar-refractivity contribution in [2.24, 2.45) is 0 Å². The smallest absolute Gasteiger partial charge is 0.338 e. The van der Waals surface area contributed by atoms with Gasteiger partial charge in [0.05, 0.1) is 12.2 Å². The molecule has 0 saturated carbocycles. The molecule has 0 bridgehead atoms. The van der Waals surface area contributed by atoms with Gasteiger partial charge in [-0.15, -0.1) is 0 Å². The van der Waals surface area contributed by atoms with E-state index in [2.05, 4.69) is 25.8 Å². The number of rotatable bonds is 11. The van der Waals surface area contributed by atoms with Crippen LogP contribution in [0.25, 0.3) is 0 Å². The molecule has 1 aromatic rings. The molecular formula is C19H31NO2. The standard InChI is InChI=1S/C19H31NO2/c1-4-6-8-9-15-20(3)18-13-11-17(12-14-18)19(21)22-16-10-7-5-2/h11-14H,4-10,15-16H2,1-3H3. The quantitative estimate of drug-likeness (QED) is 0.423. The Labute approximate surface area is 135 Å². The van der Waals surface area contributed by atoms with Gasteiger partial charge in [0.1, 0.15) is 0 Å². The molecule has 1 rings (SSSR count). The molecule has 0 aliphatic heterocycles. The Bertz CT molecular complexity index is 414. The zero-order valence-electron chi connectivity index (χ0n) is 14.4. The first-order valence-electron chi connectivity index (χ1n) is 8.67. The van der Waals surface area contributed by atoms with Gasteiger partial charge in [0.2, 0.25) is 0 Å². The van der Waals surface area contributed by atoms with Crippen LogP contribution >= 0.6 is 0 Å². The highest BCUT2D eigenvalue weighted by molar-refractivity contribution is 5.89. The number of ether oxygens (including phenoxy) is 1. The highest BCUT2D eigenvalue weighted by Crippen LogP contribution is 2.15. The third-order valence-corrected chi connectivity index (χ3v) is 3.87. The Morgan fingerprint density at radius 2 is 1.59 bits per heavy atom. The molecule has 0 unspecified atom stereocenters. The van der Waals surface area contributed by atoms with Crippen molar-refractivity contribution >= 4 is 11.7 Å². The highest BCUT2D eigenvalue weighted by atomic mass is 16.5. The molecule has 0 radical (unpaired) electrons. The lowest BCUT2D eigenvalue weighted by Gasteiger charge is -2.19. The van der Waals surface area contributed by atoms with Gasteiger partial charge >= 0.3 is 5.97 Å². The molecule has 0 aliphatic rings. The Hall–Kier alpha value is -1.51. The molecule has 0 fully saturated rings. The van der Waals surface area contributed by atoms with Crippen molar-refractivity contribution in [3.8, 4) is 0 Å². The highest BCUT2D eigenvalue weighted by Gasteiger charge is 2.08. The van der Waals surface area contributed by atoms with E-state index in [9.17, 15) is 4.79 Å². The van der Waals surface area contributed by atoms with Crippen molar-refractivity contribution in [1.29, 1.82) is 0 Å².